The third-order valence-corrected chi connectivity index (χ3v) is 6.19. The number of rotatable bonds is 4. The van der Waals surface area contributed by atoms with Gasteiger partial charge in [-0.3, -0.25) is 0 Å². The molecule has 1 fully saturated rings. The molecule has 0 aromatic heterocycles. The zero-order chi connectivity index (χ0) is 17.5. The van der Waals surface area contributed by atoms with Crippen molar-refractivity contribution >= 4 is 5.97 Å². The van der Waals surface area contributed by atoms with Crippen LogP contribution in [0.1, 0.15) is 49.8 Å². The highest BCUT2D eigenvalue weighted by atomic mass is 16.6. The number of ether oxygens (including phenoxy) is 2. The monoisotopic (exact) mass is 334 g/mol. The highest BCUT2D eigenvalue weighted by molar-refractivity contribution is 5.83. The number of aliphatic hydroxyl groups is 2. The Hall–Kier alpha value is -1.43. The fourth-order valence-corrected chi connectivity index (χ4v) is 5.12. The molecule has 2 aliphatic rings. The van der Waals surface area contributed by atoms with Gasteiger partial charge in [-0.2, -0.15) is 0 Å². The van der Waals surface area contributed by atoms with Crippen LogP contribution in [0.5, 0.6) is 0 Å². The van der Waals surface area contributed by atoms with Gasteiger partial charge in [-0.15, -0.1) is 0 Å². The van der Waals surface area contributed by atoms with Gasteiger partial charge < -0.3 is 19.7 Å². The Labute approximate surface area is 142 Å². The van der Waals surface area contributed by atoms with Crippen molar-refractivity contribution in [2.75, 3.05) is 20.3 Å². The van der Waals surface area contributed by atoms with Gasteiger partial charge in [0.2, 0.25) is 5.60 Å². The van der Waals surface area contributed by atoms with Crippen molar-refractivity contribution in [3.63, 3.8) is 0 Å². The maximum atomic E-state index is 12.9. The van der Waals surface area contributed by atoms with Gasteiger partial charge in [0, 0.05) is 19.1 Å². The molecular weight excluding hydrogens is 308 g/mol. The fourth-order valence-electron chi connectivity index (χ4n) is 5.12. The molecule has 0 saturated heterocycles. The normalized spacial score (nSPS) is 37.6. The highest BCUT2D eigenvalue weighted by Gasteiger charge is 2.69. The van der Waals surface area contributed by atoms with E-state index in [0.29, 0.717) is 12.0 Å². The zero-order valence-electron chi connectivity index (χ0n) is 14.5. The molecule has 132 valence electrons. The van der Waals surface area contributed by atoms with E-state index in [1.165, 1.54) is 7.11 Å². The first-order chi connectivity index (χ1) is 11.5. The van der Waals surface area contributed by atoms with Crippen LogP contribution in [0.4, 0.5) is 0 Å². The van der Waals surface area contributed by atoms with E-state index in [2.05, 4.69) is 0 Å². The minimum absolute atomic E-state index is 0.0348. The van der Waals surface area contributed by atoms with E-state index in [1.807, 2.05) is 31.2 Å². The lowest BCUT2D eigenvalue weighted by Crippen LogP contribution is -2.62. The summed E-state index contributed by atoms with van der Waals surface area (Å²) in [6.07, 6.45) is 0.362. The van der Waals surface area contributed by atoms with Crippen LogP contribution in [0.25, 0.3) is 0 Å². The van der Waals surface area contributed by atoms with E-state index < -0.39 is 23.1 Å². The van der Waals surface area contributed by atoms with Crippen LogP contribution in [0.15, 0.2) is 24.3 Å². The van der Waals surface area contributed by atoms with E-state index in [0.717, 1.165) is 12.0 Å². The number of methoxy groups -OCH3 is 1. The standard InChI is InChI=1S/C19H26O5/c1-4-24-17(22)19(23-3)16(21)14-8-6-5-7-13(14)15-12(11-20)9-10-18(15,19)2/h5-8,12,15-16,20-21H,4,9-11H2,1-3H3/t12-,15+,16-,18-,19+/m0/s1. The lowest BCUT2D eigenvalue weighted by Gasteiger charge is -2.54. The van der Waals surface area contributed by atoms with Crippen molar-refractivity contribution in [2.24, 2.45) is 11.3 Å². The molecule has 0 amide bonds. The zero-order valence-corrected chi connectivity index (χ0v) is 14.5. The molecule has 5 atom stereocenters. The SMILES string of the molecule is CCOC(=O)[C@]1(OC)[C@@H](O)c2ccccc2[C@H]2[C@H](CO)CC[C@@]21C. The summed E-state index contributed by atoms with van der Waals surface area (Å²) in [6, 6.07) is 7.60. The van der Waals surface area contributed by atoms with Gasteiger partial charge in [0.15, 0.2) is 0 Å². The number of hydrogen-bond acceptors (Lipinski definition) is 5. The predicted molar refractivity (Wildman–Crippen MR) is 88.4 cm³/mol. The number of hydrogen-bond donors (Lipinski definition) is 2. The number of benzene rings is 1. The molecule has 0 spiro atoms. The van der Waals surface area contributed by atoms with Crippen LogP contribution < -0.4 is 0 Å². The summed E-state index contributed by atoms with van der Waals surface area (Å²) in [5.41, 5.74) is -0.419. The second-order valence-corrected chi connectivity index (χ2v) is 7.07. The van der Waals surface area contributed by atoms with Crippen molar-refractivity contribution in [3.8, 4) is 0 Å². The van der Waals surface area contributed by atoms with Gasteiger partial charge in [0.05, 0.1) is 6.61 Å². The molecule has 5 nitrogen and oxygen atoms in total. The van der Waals surface area contributed by atoms with Crippen LogP contribution in [-0.2, 0) is 14.3 Å². The summed E-state index contributed by atoms with van der Waals surface area (Å²) in [5, 5.41) is 21.0. The lowest BCUT2D eigenvalue weighted by molar-refractivity contribution is -0.219. The van der Waals surface area contributed by atoms with Crippen LogP contribution in [0, 0.1) is 11.3 Å². The molecule has 5 heteroatoms. The summed E-state index contributed by atoms with van der Waals surface area (Å²) in [6.45, 7) is 4.00. The second kappa shape index (κ2) is 6.14. The summed E-state index contributed by atoms with van der Waals surface area (Å²) in [4.78, 5) is 12.9. The average molecular weight is 334 g/mol. The first-order valence-electron chi connectivity index (χ1n) is 8.58. The van der Waals surface area contributed by atoms with Crippen molar-refractivity contribution < 1.29 is 24.5 Å². The molecule has 0 heterocycles. The van der Waals surface area contributed by atoms with Crippen LogP contribution in [0.3, 0.4) is 0 Å². The molecule has 3 rings (SSSR count). The Balaban J connectivity index is 2.26. The van der Waals surface area contributed by atoms with Crippen LogP contribution in [-0.4, -0.2) is 42.1 Å². The van der Waals surface area contributed by atoms with Crippen LogP contribution in [0.2, 0.25) is 0 Å². The van der Waals surface area contributed by atoms with Gasteiger partial charge in [-0.25, -0.2) is 4.79 Å². The van der Waals surface area contributed by atoms with Crippen LogP contribution >= 0.6 is 0 Å². The Morgan fingerprint density at radius 2 is 2.00 bits per heavy atom. The third-order valence-electron chi connectivity index (χ3n) is 6.19. The number of fused-ring (bicyclic) bond motifs is 3. The topological polar surface area (TPSA) is 76.0 Å². The largest absolute Gasteiger partial charge is 0.464 e. The van der Waals surface area contributed by atoms with Crippen molar-refractivity contribution in [1.29, 1.82) is 0 Å². The first kappa shape index (κ1) is 17.4. The van der Waals surface area contributed by atoms with Gasteiger partial charge in [0.25, 0.3) is 0 Å². The summed E-state index contributed by atoms with van der Waals surface area (Å²) in [7, 11) is 1.46. The second-order valence-electron chi connectivity index (χ2n) is 7.07. The number of carbonyl (C=O) groups is 1. The molecule has 1 aromatic rings. The molecule has 1 saturated carbocycles. The Morgan fingerprint density at radius 1 is 1.33 bits per heavy atom. The molecule has 2 aliphatic carbocycles. The molecular formula is C19H26O5. The smallest absolute Gasteiger partial charge is 0.342 e. The number of esters is 1. The molecule has 0 radical (unpaired) electrons. The maximum Gasteiger partial charge on any atom is 0.342 e. The van der Waals surface area contributed by atoms with Gasteiger partial charge >= 0.3 is 5.97 Å². The quantitative estimate of drug-likeness (QED) is 0.826. The molecule has 0 unspecified atom stereocenters. The summed E-state index contributed by atoms with van der Waals surface area (Å²) >= 11 is 0. The minimum Gasteiger partial charge on any atom is -0.464 e. The average Bonchev–Trinajstić information content (AvgIpc) is 2.93. The fraction of sp³-hybridized carbons (Fsp3) is 0.632. The molecule has 24 heavy (non-hydrogen) atoms. The highest BCUT2D eigenvalue weighted by Crippen LogP contribution is 2.65. The summed E-state index contributed by atoms with van der Waals surface area (Å²) in [5.74, 6) is -0.556. The number of carbonyl (C=O) groups excluding carboxylic acids is 1. The van der Waals surface area contributed by atoms with E-state index in [1.54, 1.807) is 6.92 Å². The maximum absolute atomic E-state index is 12.9. The minimum atomic E-state index is -1.47. The molecule has 1 aromatic carbocycles. The number of aliphatic hydroxyl groups excluding tert-OH is 2. The first-order valence-corrected chi connectivity index (χ1v) is 8.58. The van der Waals surface area contributed by atoms with Crippen molar-refractivity contribution in [2.45, 2.75) is 44.3 Å². The van der Waals surface area contributed by atoms with E-state index >= 15 is 0 Å². The molecule has 2 N–H and O–H groups in total. The Kier molecular flexibility index (Phi) is 4.45. The Bertz CT molecular complexity index is 630. The van der Waals surface area contributed by atoms with Gasteiger partial charge in [-0.05, 0) is 42.7 Å². The van der Waals surface area contributed by atoms with Crippen molar-refractivity contribution in [1.82, 2.24) is 0 Å². The lowest BCUT2D eigenvalue weighted by atomic mass is 9.55. The van der Waals surface area contributed by atoms with E-state index in [9.17, 15) is 15.0 Å². The van der Waals surface area contributed by atoms with E-state index in [-0.39, 0.29) is 25.0 Å². The van der Waals surface area contributed by atoms with Crippen molar-refractivity contribution in [3.05, 3.63) is 35.4 Å². The third kappa shape index (κ3) is 2.01. The summed E-state index contributed by atoms with van der Waals surface area (Å²) < 4.78 is 11.1. The molecule has 0 bridgehead atoms. The van der Waals surface area contributed by atoms with E-state index in [4.69, 9.17) is 9.47 Å². The van der Waals surface area contributed by atoms with Gasteiger partial charge in [-0.1, -0.05) is 31.2 Å². The predicted octanol–water partition coefficient (Wildman–Crippen LogP) is 2.17. The molecule has 0 aliphatic heterocycles. The Morgan fingerprint density at radius 3 is 2.58 bits per heavy atom. The van der Waals surface area contributed by atoms with Gasteiger partial charge in [0.1, 0.15) is 6.10 Å².